The van der Waals surface area contributed by atoms with E-state index in [2.05, 4.69) is 30.8 Å². The zero-order chi connectivity index (χ0) is 30.0. The minimum absolute atomic E-state index is 0.139. The van der Waals surface area contributed by atoms with E-state index in [1.165, 1.54) is 10.8 Å². The van der Waals surface area contributed by atoms with Crippen molar-refractivity contribution in [1.29, 1.82) is 0 Å². The highest BCUT2D eigenvalue weighted by Crippen LogP contribution is 2.32. The third kappa shape index (κ3) is 5.42. The van der Waals surface area contributed by atoms with Crippen molar-refractivity contribution in [3.8, 4) is 11.4 Å². The number of ketones is 1. The van der Waals surface area contributed by atoms with Crippen LogP contribution in [0.2, 0.25) is 0 Å². The van der Waals surface area contributed by atoms with Gasteiger partial charge in [-0.2, -0.15) is 0 Å². The Kier molecular flexibility index (Phi) is 7.70. The number of para-hydroxylation sites is 2. The molecule has 0 fully saturated rings. The van der Waals surface area contributed by atoms with Crippen LogP contribution >= 0.6 is 0 Å². The number of hydrogen-bond donors (Lipinski definition) is 2. The molecule has 0 saturated carbocycles. The van der Waals surface area contributed by atoms with Gasteiger partial charge in [-0.15, -0.1) is 10.2 Å². The summed E-state index contributed by atoms with van der Waals surface area (Å²) in [6, 6.07) is 15.4. The monoisotopic (exact) mass is 569 g/mol. The molecule has 1 amide bonds. The molecule has 0 radical (unpaired) electrons. The topological polar surface area (TPSA) is 158 Å². The molecule has 2 aromatic carbocycles. The number of benzene rings is 2. The molecule has 5 aromatic rings. The predicted octanol–water partition coefficient (Wildman–Crippen LogP) is 3.83. The maximum Gasteiger partial charge on any atom is 0.286 e. The van der Waals surface area contributed by atoms with Gasteiger partial charge in [-0.3, -0.25) is 19.0 Å². The zero-order valence-corrected chi connectivity index (χ0v) is 23.9. The number of oxazole rings is 1. The van der Waals surface area contributed by atoms with Gasteiger partial charge in [-0.05, 0) is 31.9 Å². The highest BCUT2D eigenvalue weighted by molar-refractivity contribution is 5.98. The smallest absolute Gasteiger partial charge is 0.286 e. The van der Waals surface area contributed by atoms with Crippen molar-refractivity contribution < 1.29 is 18.4 Å². The summed E-state index contributed by atoms with van der Waals surface area (Å²) >= 11 is 0. The molecule has 3 heterocycles. The number of amides is 1. The van der Waals surface area contributed by atoms with E-state index < -0.39 is 28.7 Å². The number of nitrogens with one attached hydrogen (secondary N) is 2. The van der Waals surface area contributed by atoms with Gasteiger partial charge in [-0.1, -0.05) is 56.3 Å². The van der Waals surface area contributed by atoms with Gasteiger partial charge < -0.3 is 19.5 Å². The summed E-state index contributed by atoms with van der Waals surface area (Å²) in [4.78, 5) is 48.9. The fourth-order valence-electron chi connectivity index (χ4n) is 4.47. The van der Waals surface area contributed by atoms with Crippen molar-refractivity contribution in [2.45, 2.75) is 45.7 Å². The van der Waals surface area contributed by atoms with Crippen LogP contribution in [0.15, 0.2) is 74.4 Å². The number of carbonyl (C=O) groups excluding carboxylic acids is 2. The predicted molar refractivity (Wildman–Crippen MR) is 155 cm³/mol. The van der Waals surface area contributed by atoms with Gasteiger partial charge in [0.15, 0.2) is 5.58 Å². The number of Topliss-reactive ketones (excluding diaryl/α,β-unsaturated/α-hetero) is 1. The molecule has 42 heavy (non-hydrogen) atoms. The van der Waals surface area contributed by atoms with Gasteiger partial charge in [0.25, 0.3) is 11.4 Å². The van der Waals surface area contributed by atoms with E-state index in [4.69, 9.17) is 8.83 Å². The van der Waals surface area contributed by atoms with Crippen LogP contribution in [0.5, 0.6) is 0 Å². The standard InChI is InChI=1S/C30H31N7O5/c1-17(2)23(34-22(38)16-37-25(18-11-7-6-8-12-18)32-15-20(31-5)27(37)40)24(39)26-35-36-29(42-26)30(3,4)28-33-19-13-9-10-14-21(19)41-28/h6-15,17,23,31H,16H2,1-5H3,(H,34,38). The Morgan fingerprint density at radius 3 is 2.38 bits per heavy atom. The van der Waals surface area contributed by atoms with Gasteiger partial charge in [0.05, 0.1) is 12.2 Å². The van der Waals surface area contributed by atoms with Crippen LogP contribution in [0.25, 0.3) is 22.5 Å². The third-order valence-electron chi connectivity index (χ3n) is 6.91. The van der Waals surface area contributed by atoms with E-state index in [0.717, 1.165) is 0 Å². The van der Waals surface area contributed by atoms with Crippen molar-refractivity contribution in [2.24, 2.45) is 5.92 Å². The molecule has 1 atom stereocenters. The number of fused-ring (bicyclic) bond motifs is 1. The zero-order valence-electron chi connectivity index (χ0n) is 23.9. The van der Waals surface area contributed by atoms with Gasteiger partial charge >= 0.3 is 0 Å². The summed E-state index contributed by atoms with van der Waals surface area (Å²) in [5.41, 5.74) is 0.853. The molecule has 0 aliphatic carbocycles. The Hall–Kier alpha value is -5.13. The fraction of sp³-hybridized carbons (Fsp3) is 0.300. The molecule has 12 heteroatoms. The quantitative estimate of drug-likeness (QED) is 0.237. The van der Waals surface area contributed by atoms with E-state index in [-0.39, 0.29) is 29.9 Å². The number of carbonyl (C=O) groups is 2. The summed E-state index contributed by atoms with van der Waals surface area (Å²) in [6.45, 7) is 6.81. The lowest BCUT2D eigenvalue weighted by Crippen LogP contribution is -2.46. The van der Waals surface area contributed by atoms with Crippen LogP contribution < -0.4 is 16.2 Å². The number of aromatic nitrogens is 5. The molecule has 0 spiro atoms. The second kappa shape index (κ2) is 11.4. The van der Waals surface area contributed by atoms with Gasteiger partial charge in [0.2, 0.25) is 23.5 Å². The molecule has 0 saturated heterocycles. The molecule has 5 rings (SSSR count). The van der Waals surface area contributed by atoms with Crippen LogP contribution in [0, 0.1) is 5.92 Å². The molecule has 3 aromatic heterocycles. The van der Waals surface area contributed by atoms with Gasteiger partial charge in [0.1, 0.15) is 29.0 Å². The van der Waals surface area contributed by atoms with Crippen molar-refractivity contribution >= 4 is 28.5 Å². The van der Waals surface area contributed by atoms with E-state index in [1.54, 1.807) is 46.9 Å². The molecular formula is C30H31N7O5. The fourth-order valence-corrected chi connectivity index (χ4v) is 4.47. The lowest BCUT2D eigenvalue weighted by molar-refractivity contribution is -0.122. The van der Waals surface area contributed by atoms with Gasteiger partial charge in [-0.25, -0.2) is 9.97 Å². The van der Waals surface area contributed by atoms with Crippen LogP contribution in [0.1, 0.15) is 50.2 Å². The maximum absolute atomic E-state index is 13.5. The molecule has 2 N–H and O–H groups in total. The van der Waals surface area contributed by atoms with Crippen LogP contribution in [0.4, 0.5) is 5.69 Å². The Balaban J connectivity index is 1.38. The number of hydrogen-bond acceptors (Lipinski definition) is 10. The third-order valence-corrected chi connectivity index (χ3v) is 6.91. The Bertz CT molecular complexity index is 1770. The summed E-state index contributed by atoms with van der Waals surface area (Å²) in [6.07, 6.45) is 1.43. The second-order valence-corrected chi connectivity index (χ2v) is 10.7. The second-order valence-electron chi connectivity index (χ2n) is 10.7. The van der Waals surface area contributed by atoms with Crippen molar-refractivity contribution in [2.75, 3.05) is 12.4 Å². The lowest BCUT2D eigenvalue weighted by atomic mass is 9.93. The van der Waals surface area contributed by atoms with Gasteiger partial charge in [0, 0.05) is 12.6 Å². The van der Waals surface area contributed by atoms with E-state index in [9.17, 15) is 14.4 Å². The Morgan fingerprint density at radius 2 is 1.69 bits per heavy atom. The highest BCUT2D eigenvalue weighted by Gasteiger charge is 2.37. The largest absolute Gasteiger partial charge is 0.440 e. The number of nitrogens with zero attached hydrogens (tertiary/aromatic N) is 5. The Labute approximate surface area is 241 Å². The van der Waals surface area contributed by atoms with Crippen LogP contribution in [-0.4, -0.2) is 49.5 Å². The first kappa shape index (κ1) is 28.4. The number of anilines is 1. The molecule has 216 valence electrons. The summed E-state index contributed by atoms with van der Waals surface area (Å²) in [5.74, 6) is -0.864. The van der Waals surface area contributed by atoms with Crippen molar-refractivity contribution in [1.82, 2.24) is 30.0 Å². The first-order valence-corrected chi connectivity index (χ1v) is 13.5. The molecule has 0 aliphatic rings. The van der Waals surface area contributed by atoms with Crippen LogP contribution in [-0.2, 0) is 16.8 Å². The molecular weight excluding hydrogens is 538 g/mol. The maximum atomic E-state index is 13.5. The molecule has 12 nitrogen and oxygen atoms in total. The SMILES string of the molecule is CNc1cnc(-c2ccccc2)n(CC(=O)NC(C(=O)c2nnc(C(C)(C)c3nc4ccccc4o3)o2)C(C)C)c1=O. The summed E-state index contributed by atoms with van der Waals surface area (Å²) in [5, 5.41) is 13.6. The average molecular weight is 570 g/mol. The normalized spacial score (nSPS) is 12.4. The molecule has 1 unspecified atom stereocenters. The highest BCUT2D eigenvalue weighted by atomic mass is 16.4. The molecule has 0 aliphatic heterocycles. The first-order valence-electron chi connectivity index (χ1n) is 13.5. The Morgan fingerprint density at radius 1 is 0.976 bits per heavy atom. The minimum Gasteiger partial charge on any atom is -0.440 e. The lowest BCUT2D eigenvalue weighted by Gasteiger charge is -2.21. The minimum atomic E-state index is -0.991. The van der Waals surface area contributed by atoms with E-state index >= 15 is 0 Å². The average Bonchev–Trinajstić information content (AvgIpc) is 3.66. The summed E-state index contributed by atoms with van der Waals surface area (Å²) < 4.78 is 13.0. The van der Waals surface area contributed by atoms with E-state index in [1.807, 2.05) is 42.5 Å². The van der Waals surface area contributed by atoms with Crippen molar-refractivity contribution in [3.05, 3.63) is 88.8 Å². The van der Waals surface area contributed by atoms with Crippen LogP contribution in [0.3, 0.4) is 0 Å². The first-order chi connectivity index (χ1) is 20.1. The van der Waals surface area contributed by atoms with E-state index in [0.29, 0.717) is 28.4 Å². The summed E-state index contributed by atoms with van der Waals surface area (Å²) in [7, 11) is 1.60. The van der Waals surface area contributed by atoms with Crippen molar-refractivity contribution in [3.63, 3.8) is 0 Å². The number of rotatable bonds is 10. The molecule has 0 bridgehead atoms.